The van der Waals surface area contributed by atoms with Gasteiger partial charge in [0.05, 0.1) is 30.4 Å². The first-order valence-electron chi connectivity index (χ1n) is 8.44. The molecule has 9 unspecified atom stereocenters. The van der Waals surface area contributed by atoms with Crippen molar-refractivity contribution in [1.82, 2.24) is 5.32 Å². The number of aliphatic hydroxyl groups is 2. The zero-order valence-corrected chi connectivity index (χ0v) is 14.0. The van der Waals surface area contributed by atoms with Crippen molar-refractivity contribution in [2.75, 3.05) is 7.05 Å². The fourth-order valence-electron chi connectivity index (χ4n) is 3.54. The number of likely N-dealkylation sites (N-methyl/N-ethyl adjacent to an activating group) is 1. The molecule has 1 heterocycles. The van der Waals surface area contributed by atoms with Crippen molar-refractivity contribution in [2.24, 2.45) is 17.2 Å². The van der Waals surface area contributed by atoms with E-state index >= 15 is 0 Å². The van der Waals surface area contributed by atoms with Crippen LogP contribution in [-0.4, -0.2) is 72.1 Å². The number of hydrogen-bond acceptors (Lipinski definition) is 8. The Morgan fingerprint density at radius 1 is 1.26 bits per heavy atom. The lowest BCUT2D eigenvalue weighted by Gasteiger charge is -2.44. The standard InChI is InChI=1S/C15H32N4O4/c1-7(16)5-8-3-4-9(17)15(22-8)23-14-10(18)6-11(20)12(19-2)13(14)21/h7-15,19-21H,3-6,16-18H2,1-2H3. The van der Waals surface area contributed by atoms with Crippen LogP contribution in [-0.2, 0) is 9.47 Å². The molecule has 0 aromatic rings. The van der Waals surface area contributed by atoms with Crippen LogP contribution in [0, 0.1) is 0 Å². The van der Waals surface area contributed by atoms with Crippen LogP contribution < -0.4 is 22.5 Å². The minimum Gasteiger partial charge on any atom is -0.391 e. The van der Waals surface area contributed by atoms with Gasteiger partial charge in [-0.3, -0.25) is 0 Å². The highest BCUT2D eigenvalue weighted by Crippen LogP contribution is 2.28. The second-order valence-corrected chi connectivity index (χ2v) is 6.95. The summed E-state index contributed by atoms with van der Waals surface area (Å²) in [5.74, 6) is 0. The van der Waals surface area contributed by atoms with E-state index in [1.165, 1.54) is 0 Å². The van der Waals surface area contributed by atoms with Crippen molar-refractivity contribution >= 4 is 0 Å². The van der Waals surface area contributed by atoms with E-state index in [1.54, 1.807) is 7.05 Å². The fourth-order valence-corrected chi connectivity index (χ4v) is 3.54. The summed E-state index contributed by atoms with van der Waals surface area (Å²) in [4.78, 5) is 0. The predicted octanol–water partition coefficient (Wildman–Crippen LogP) is -2.02. The summed E-state index contributed by atoms with van der Waals surface area (Å²) in [7, 11) is 1.69. The van der Waals surface area contributed by atoms with Gasteiger partial charge in [-0.05, 0) is 39.7 Å². The zero-order valence-electron chi connectivity index (χ0n) is 14.0. The van der Waals surface area contributed by atoms with Gasteiger partial charge in [0, 0.05) is 12.1 Å². The summed E-state index contributed by atoms with van der Waals surface area (Å²) in [5, 5.41) is 23.4. The number of aliphatic hydroxyl groups excluding tert-OH is 2. The largest absolute Gasteiger partial charge is 0.391 e. The summed E-state index contributed by atoms with van der Waals surface area (Å²) in [5.41, 5.74) is 18.0. The molecule has 1 aliphatic heterocycles. The van der Waals surface area contributed by atoms with Crippen molar-refractivity contribution in [3.8, 4) is 0 Å². The van der Waals surface area contributed by atoms with E-state index in [-0.39, 0.29) is 18.2 Å². The quantitative estimate of drug-likeness (QED) is 0.338. The number of rotatable bonds is 5. The molecule has 2 aliphatic rings. The predicted molar refractivity (Wildman–Crippen MR) is 86.5 cm³/mol. The van der Waals surface area contributed by atoms with Gasteiger partial charge >= 0.3 is 0 Å². The number of nitrogens with two attached hydrogens (primary N) is 3. The minimum absolute atomic E-state index is 0.00226. The second kappa shape index (κ2) is 8.17. The maximum absolute atomic E-state index is 10.5. The van der Waals surface area contributed by atoms with Gasteiger partial charge in [0.15, 0.2) is 6.29 Å². The van der Waals surface area contributed by atoms with Crippen molar-refractivity contribution in [2.45, 2.75) is 87.5 Å². The van der Waals surface area contributed by atoms with Crippen LogP contribution in [0.3, 0.4) is 0 Å². The van der Waals surface area contributed by atoms with E-state index in [0.29, 0.717) is 6.42 Å². The number of hydrogen-bond donors (Lipinski definition) is 6. The summed E-state index contributed by atoms with van der Waals surface area (Å²) in [6.45, 7) is 1.94. The van der Waals surface area contributed by atoms with Crippen molar-refractivity contribution in [1.29, 1.82) is 0 Å². The van der Waals surface area contributed by atoms with Gasteiger partial charge in [-0.1, -0.05) is 0 Å². The Kier molecular flexibility index (Phi) is 6.76. The van der Waals surface area contributed by atoms with E-state index in [1.807, 2.05) is 6.92 Å². The summed E-state index contributed by atoms with van der Waals surface area (Å²) in [6, 6.07) is -1.19. The first-order chi connectivity index (χ1) is 10.8. The Morgan fingerprint density at radius 3 is 2.57 bits per heavy atom. The molecule has 9 N–H and O–H groups in total. The SMILES string of the molecule is CNC1C(O)CC(N)C(OC2OC(CC(C)N)CCC2N)C1O. The Balaban J connectivity index is 2.00. The highest BCUT2D eigenvalue weighted by atomic mass is 16.7. The summed E-state index contributed by atoms with van der Waals surface area (Å²) in [6.07, 6.45) is -0.186. The van der Waals surface area contributed by atoms with Crippen LogP contribution in [0.2, 0.25) is 0 Å². The molecule has 2 fully saturated rings. The van der Waals surface area contributed by atoms with E-state index in [9.17, 15) is 10.2 Å². The first-order valence-corrected chi connectivity index (χ1v) is 8.44. The topological polar surface area (TPSA) is 149 Å². The molecule has 1 saturated heterocycles. The van der Waals surface area contributed by atoms with Crippen molar-refractivity contribution in [3.63, 3.8) is 0 Å². The van der Waals surface area contributed by atoms with Crippen LogP contribution in [0.15, 0.2) is 0 Å². The number of nitrogens with one attached hydrogen (secondary N) is 1. The molecule has 0 spiro atoms. The molecule has 0 amide bonds. The normalized spacial score (nSPS) is 46.6. The summed E-state index contributed by atoms with van der Waals surface area (Å²) >= 11 is 0. The lowest BCUT2D eigenvalue weighted by molar-refractivity contribution is -0.251. The van der Waals surface area contributed by atoms with E-state index < -0.39 is 36.7 Å². The van der Waals surface area contributed by atoms with Gasteiger partial charge in [-0.25, -0.2) is 0 Å². The van der Waals surface area contributed by atoms with Gasteiger partial charge in [0.1, 0.15) is 6.10 Å². The van der Waals surface area contributed by atoms with E-state index in [2.05, 4.69) is 5.32 Å². The third kappa shape index (κ3) is 4.61. The molecule has 8 nitrogen and oxygen atoms in total. The molecular weight excluding hydrogens is 300 g/mol. The average molecular weight is 332 g/mol. The van der Waals surface area contributed by atoms with Crippen LogP contribution in [0.1, 0.15) is 32.6 Å². The molecule has 0 aromatic carbocycles. The molecule has 136 valence electrons. The third-order valence-corrected chi connectivity index (χ3v) is 4.81. The third-order valence-electron chi connectivity index (χ3n) is 4.81. The molecular formula is C15H32N4O4. The fraction of sp³-hybridized carbons (Fsp3) is 1.00. The first kappa shape index (κ1) is 19.0. The van der Waals surface area contributed by atoms with Crippen LogP contribution in [0.4, 0.5) is 0 Å². The van der Waals surface area contributed by atoms with Crippen LogP contribution in [0.25, 0.3) is 0 Å². The van der Waals surface area contributed by atoms with Gasteiger partial charge in [0.25, 0.3) is 0 Å². The van der Waals surface area contributed by atoms with Crippen LogP contribution >= 0.6 is 0 Å². The Morgan fingerprint density at radius 2 is 1.96 bits per heavy atom. The average Bonchev–Trinajstić information content (AvgIpc) is 2.46. The Bertz CT molecular complexity index is 373. The Labute approximate surface area is 137 Å². The molecule has 0 bridgehead atoms. The van der Waals surface area contributed by atoms with Gasteiger partial charge in [-0.2, -0.15) is 0 Å². The molecule has 2 rings (SSSR count). The maximum atomic E-state index is 10.5. The van der Waals surface area contributed by atoms with Gasteiger partial charge in [0.2, 0.25) is 0 Å². The van der Waals surface area contributed by atoms with E-state index in [0.717, 1.165) is 19.3 Å². The smallest absolute Gasteiger partial charge is 0.173 e. The lowest BCUT2D eigenvalue weighted by atomic mass is 9.84. The van der Waals surface area contributed by atoms with Gasteiger partial charge < -0.3 is 42.2 Å². The van der Waals surface area contributed by atoms with Crippen molar-refractivity contribution in [3.05, 3.63) is 0 Å². The molecule has 23 heavy (non-hydrogen) atoms. The maximum Gasteiger partial charge on any atom is 0.173 e. The second-order valence-electron chi connectivity index (χ2n) is 6.95. The Hall–Kier alpha value is -0.320. The molecule has 0 aromatic heterocycles. The zero-order chi connectivity index (χ0) is 17.1. The molecule has 1 aliphatic carbocycles. The highest BCUT2D eigenvalue weighted by Gasteiger charge is 2.44. The molecule has 9 atom stereocenters. The lowest BCUT2D eigenvalue weighted by Crippen LogP contribution is -2.65. The van der Waals surface area contributed by atoms with E-state index in [4.69, 9.17) is 26.7 Å². The molecule has 1 saturated carbocycles. The van der Waals surface area contributed by atoms with Crippen LogP contribution in [0.5, 0.6) is 0 Å². The monoisotopic (exact) mass is 332 g/mol. The molecule has 0 radical (unpaired) electrons. The summed E-state index contributed by atoms with van der Waals surface area (Å²) < 4.78 is 11.9. The minimum atomic E-state index is -0.927. The molecule has 8 heteroatoms. The van der Waals surface area contributed by atoms with Gasteiger partial charge in [-0.15, -0.1) is 0 Å². The van der Waals surface area contributed by atoms with Crippen molar-refractivity contribution < 1.29 is 19.7 Å². The highest BCUT2D eigenvalue weighted by molar-refractivity contribution is 4.99. The number of ether oxygens (including phenoxy) is 2.